The zero-order chi connectivity index (χ0) is 23.2. The number of halogens is 6. The molecule has 1 N–H and O–H groups in total. The lowest BCUT2D eigenvalue weighted by Crippen LogP contribution is -2.31. The van der Waals surface area contributed by atoms with Gasteiger partial charge >= 0.3 is 12.4 Å². The Balaban J connectivity index is 2.08. The third-order valence-electron chi connectivity index (χ3n) is 4.54. The molecule has 168 valence electrons. The van der Waals surface area contributed by atoms with Crippen LogP contribution in [-0.4, -0.2) is 40.1 Å². The lowest BCUT2D eigenvalue weighted by Gasteiger charge is -2.25. The first kappa shape index (κ1) is 22.8. The molecular formula is C17H15F6N5O2S. The van der Waals surface area contributed by atoms with Crippen molar-refractivity contribution in [1.82, 2.24) is 25.1 Å². The van der Waals surface area contributed by atoms with Crippen molar-refractivity contribution < 1.29 is 34.8 Å². The Bertz CT molecular complexity index is 1160. The molecule has 0 aliphatic carbocycles. The summed E-state index contributed by atoms with van der Waals surface area (Å²) in [5, 5.41) is 9.95. The standard InChI is InChI=1S/C17H15F6N5O2S/c1-3-31(29,30)12-7-10(17(21,22)23)8-25-13(12)15-27-26-14(28(15)2)11-6-9(4-5-24-11)16(18,19)20/h4-8,13,25H,3H2,1-2H3. The van der Waals surface area contributed by atoms with Gasteiger partial charge in [-0.05, 0) is 18.2 Å². The van der Waals surface area contributed by atoms with E-state index in [2.05, 4.69) is 20.5 Å². The molecule has 2 aromatic rings. The third kappa shape index (κ3) is 4.43. The fraction of sp³-hybridized carbons (Fsp3) is 0.353. The average Bonchev–Trinajstić information content (AvgIpc) is 3.07. The van der Waals surface area contributed by atoms with Crippen molar-refractivity contribution in [3.8, 4) is 11.5 Å². The molecule has 0 fully saturated rings. The second-order valence-electron chi connectivity index (χ2n) is 6.52. The molecule has 0 spiro atoms. The van der Waals surface area contributed by atoms with E-state index in [0.29, 0.717) is 12.3 Å². The van der Waals surface area contributed by atoms with Crippen LogP contribution in [0.1, 0.15) is 24.4 Å². The van der Waals surface area contributed by atoms with Gasteiger partial charge in [0.15, 0.2) is 21.5 Å². The van der Waals surface area contributed by atoms with Crippen LogP contribution in [0.25, 0.3) is 11.5 Å². The zero-order valence-electron chi connectivity index (χ0n) is 16.0. The predicted molar refractivity (Wildman–Crippen MR) is 96.8 cm³/mol. The number of pyridine rings is 1. The molecule has 0 bridgehead atoms. The third-order valence-corrected chi connectivity index (χ3v) is 6.37. The molecule has 3 heterocycles. The van der Waals surface area contributed by atoms with Crippen LogP contribution < -0.4 is 5.32 Å². The van der Waals surface area contributed by atoms with Crippen LogP contribution in [0.4, 0.5) is 26.3 Å². The number of allylic oxidation sites excluding steroid dienone is 2. The van der Waals surface area contributed by atoms with E-state index in [1.807, 2.05) is 0 Å². The van der Waals surface area contributed by atoms with Crippen LogP contribution in [0, 0.1) is 0 Å². The van der Waals surface area contributed by atoms with E-state index >= 15 is 0 Å². The number of nitrogens with zero attached hydrogens (tertiary/aromatic N) is 4. The molecule has 31 heavy (non-hydrogen) atoms. The van der Waals surface area contributed by atoms with Crippen molar-refractivity contribution in [3.05, 3.63) is 52.5 Å². The summed E-state index contributed by atoms with van der Waals surface area (Å²) in [7, 11) is -2.76. The van der Waals surface area contributed by atoms with Crippen LogP contribution in [0.15, 0.2) is 41.1 Å². The minimum absolute atomic E-state index is 0.116. The molecule has 1 aliphatic heterocycles. The molecule has 1 atom stereocenters. The van der Waals surface area contributed by atoms with Crippen LogP contribution in [0.5, 0.6) is 0 Å². The van der Waals surface area contributed by atoms with Crippen molar-refractivity contribution >= 4 is 9.84 Å². The highest BCUT2D eigenvalue weighted by molar-refractivity contribution is 7.95. The molecular weight excluding hydrogens is 452 g/mol. The normalized spacial score (nSPS) is 17.7. The number of hydrogen-bond acceptors (Lipinski definition) is 6. The molecule has 3 rings (SSSR count). The first-order chi connectivity index (χ1) is 14.3. The van der Waals surface area contributed by atoms with Crippen molar-refractivity contribution in [2.45, 2.75) is 25.3 Å². The van der Waals surface area contributed by atoms with Gasteiger partial charge < -0.3 is 9.88 Å². The Morgan fingerprint density at radius 3 is 2.39 bits per heavy atom. The summed E-state index contributed by atoms with van der Waals surface area (Å²) in [6.07, 6.45) is -7.38. The number of dihydropyridines is 1. The highest BCUT2D eigenvalue weighted by atomic mass is 32.2. The highest BCUT2D eigenvalue weighted by Crippen LogP contribution is 2.37. The number of nitrogens with one attached hydrogen (secondary N) is 1. The maximum Gasteiger partial charge on any atom is 0.417 e. The van der Waals surface area contributed by atoms with Crippen LogP contribution >= 0.6 is 0 Å². The van der Waals surface area contributed by atoms with Gasteiger partial charge in [-0.3, -0.25) is 4.98 Å². The predicted octanol–water partition coefficient (Wildman–Crippen LogP) is 3.31. The summed E-state index contributed by atoms with van der Waals surface area (Å²) in [6.45, 7) is 1.27. The van der Waals surface area contributed by atoms with E-state index in [1.54, 1.807) is 0 Å². The van der Waals surface area contributed by atoms with Crippen LogP contribution in [0.2, 0.25) is 0 Å². The summed E-state index contributed by atoms with van der Waals surface area (Å²) in [4.78, 5) is 3.25. The molecule has 0 saturated heterocycles. The van der Waals surface area contributed by atoms with E-state index in [1.165, 1.54) is 18.5 Å². The van der Waals surface area contributed by atoms with E-state index in [-0.39, 0.29) is 17.3 Å². The number of sulfone groups is 1. The summed E-state index contributed by atoms with van der Waals surface area (Å²) < 4.78 is 104. The maximum absolute atomic E-state index is 13.1. The van der Waals surface area contributed by atoms with Crippen molar-refractivity contribution in [3.63, 3.8) is 0 Å². The SMILES string of the molecule is CCS(=O)(=O)C1=CC(C(F)(F)F)=CNC1c1nnc(-c2cc(C(F)(F)F)ccn2)n1C. The van der Waals surface area contributed by atoms with E-state index in [0.717, 1.165) is 18.3 Å². The zero-order valence-corrected chi connectivity index (χ0v) is 16.8. The Morgan fingerprint density at radius 2 is 1.81 bits per heavy atom. The fourth-order valence-electron chi connectivity index (χ4n) is 2.88. The van der Waals surface area contributed by atoms with Gasteiger partial charge in [0, 0.05) is 19.4 Å². The minimum Gasteiger partial charge on any atom is -0.376 e. The second kappa shape index (κ2) is 7.66. The fourth-order valence-corrected chi connectivity index (χ4v) is 4.05. The Morgan fingerprint density at radius 1 is 1.13 bits per heavy atom. The highest BCUT2D eigenvalue weighted by Gasteiger charge is 2.40. The maximum atomic E-state index is 13.1. The summed E-state index contributed by atoms with van der Waals surface area (Å²) in [5.74, 6) is -0.709. The summed E-state index contributed by atoms with van der Waals surface area (Å²) in [5.41, 5.74) is -2.37. The van der Waals surface area contributed by atoms with Crippen LogP contribution in [0.3, 0.4) is 0 Å². The number of hydrogen-bond donors (Lipinski definition) is 1. The van der Waals surface area contributed by atoms with E-state index in [4.69, 9.17) is 0 Å². The van der Waals surface area contributed by atoms with Gasteiger partial charge in [-0.25, -0.2) is 8.42 Å². The molecule has 0 aromatic carbocycles. The molecule has 0 radical (unpaired) electrons. The Labute approximate surface area is 172 Å². The quantitative estimate of drug-likeness (QED) is 0.695. The molecule has 7 nitrogen and oxygen atoms in total. The first-order valence-corrected chi connectivity index (χ1v) is 10.3. The second-order valence-corrected chi connectivity index (χ2v) is 8.79. The van der Waals surface area contributed by atoms with Gasteiger partial charge in [-0.2, -0.15) is 26.3 Å². The molecule has 2 aromatic heterocycles. The Kier molecular flexibility index (Phi) is 5.63. The topological polar surface area (TPSA) is 89.8 Å². The number of rotatable bonds is 4. The monoisotopic (exact) mass is 467 g/mol. The first-order valence-electron chi connectivity index (χ1n) is 8.66. The van der Waals surface area contributed by atoms with Gasteiger partial charge in [0.05, 0.1) is 21.8 Å². The molecule has 0 amide bonds. The number of aromatic nitrogens is 4. The molecule has 1 aliphatic rings. The van der Waals surface area contributed by atoms with Gasteiger partial charge in [0.25, 0.3) is 0 Å². The molecule has 0 saturated carbocycles. The van der Waals surface area contributed by atoms with Gasteiger partial charge in [-0.15, -0.1) is 10.2 Å². The lowest BCUT2D eigenvalue weighted by atomic mass is 10.1. The van der Waals surface area contributed by atoms with E-state index in [9.17, 15) is 34.8 Å². The van der Waals surface area contributed by atoms with E-state index < -0.39 is 50.0 Å². The summed E-state index contributed by atoms with van der Waals surface area (Å²) in [6, 6.07) is 0.179. The molecule has 1 unspecified atom stereocenters. The largest absolute Gasteiger partial charge is 0.417 e. The van der Waals surface area contributed by atoms with Gasteiger partial charge in [0.1, 0.15) is 11.7 Å². The van der Waals surface area contributed by atoms with Gasteiger partial charge in [-0.1, -0.05) is 6.92 Å². The van der Waals surface area contributed by atoms with Crippen molar-refractivity contribution in [2.24, 2.45) is 7.05 Å². The average molecular weight is 467 g/mol. The minimum atomic E-state index is -4.79. The lowest BCUT2D eigenvalue weighted by molar-refractivity contribution is -0.137. The Hall–Kier alpha value is -2.90. The van der Waals surface area contributed by atoms with Crippen molar-refractivity contribution in [1.29, 1.82) is 0 Å². The van der Waals surface area contributed by atoms with Crippen LogP contribution in [-0.2, 0) is 23.1 Å². The van der Waals surface area contributed by atoms with Gasteiger partial charge in [0.2, 0.25) is 0 Å². The smallest absolute Gasteiger partial charge is 0.376 e. The molecule has 14 heteroatoms. The summed E-state index contributed by atoms with van der Waals surface area (Å²) >= 11 is 0. The number of alkyl halides is 6. The van der Waals surface area contributed by atoms with Crippen molar-refractivity contribution in [2.75, 3.05) is 5.75 Å².